The summed E-state index contributed by atoms with van der Waals surface area (Å²) in [5.74, 6) is 0.700. The molecule has 1 aromatic carbocycles. The summed E-state index contributed by atoms with van der Waals surface area (Å²) >= 11 is 0. The van der Waals surface area contributed by atoms with Crippen LogP contribution in [-0.2, 0) is 0 Å². The average Bonchev–Trinajstić information content (AvgIpc) is 2.45. The average molecular weight is 359 g/mol. The van der Waals surface area contributed by atoms with Crippen molar-refractivity contribution in [2.24, 2.45) is 5.73 Å². The number of nitrogens with zero attached hydrogens (tertiary/aromatic N) is 2. The number of carbonyl (C=O) groups is 1. The minimum atomic E-state index is -0.455. The van der Waals surface area contributed by atoms with E-state index < -0.39 is 5.54 Å². The monoisotopic (exact) mass is 358 g/mol. The van der Waals surface area contributed by atoms with E-state index in [1.54, 1.807) is 30.5 Å². The van der Waals surface area contributed by atoms with E-state index in [0.717, 1.165) is 0 Å². The zero-order valence-electron chi connectivity index (χ0n) is 12.9. The lowest BCUT2D eigenvalue weighted by atomic mass is 10.1. The van der Waals surface area contributed by atoms with Gasteiger partial charge in [0.2, 0.25) is 5.88 Å². The SMILES string of the molecule is CC(C)(N)CNC(=O)c1cccc(Oc2cnccn2)c1.Cl.Cl. The van der Waals surface area contributed by atoms with Gasteiger partial charge in [-0.25, -0.2) is 4.98 Å². The lowest BCUT2D eigenvalue weighted by Crippen LogP contribution is -2.45. The van der Waals surface area contributed by atoms with Crippen LogP contribution >= 0.6 is 24.8 Å². The van der Waals surface area contributed by atoms with E-state index in [1.165, 1.54) is 12.4 Å². The van der Waals surface area contributed by atoms with Crippen molar-refractivity contribution in [3.63, 3.8) is 0 Å². The fourth-order valence-electron chi connectivity index (χ4n) is 1.57. The molecule has 0 saturated carbocycles. The van der Waals surface area contributed by atoms with Crippen molar-refractivity contribution in [1.82, 2.24) is 15.3 Å². The van der Waals surface area contributed by atoms with Crippen molar-refractivity contribution in [2.75, 3.05) is 6.54 Å². The molecule has 0 saturated heterocycles. The third-order valence-electron chi connectivity index (χ3n) is 2.56. The summed E-state index contributed by atoms with van der Waals surface area (Å²) in [4.78, 5) is 20.0. The number of nitrogens with two attached hydrogens (primary N) is 1. The topological polar surface area (TPSA) is 90.1 Å². The molecule has 0 spiro atoms. The van der Waals surface area contributed by atoms with E-state index in [1.807, 2.05) is 13.8 Å². The first-order valence-electron chi connectivity index (χ1n) is 6.55. The van der Waals surface area contributed by atoms with Crippen LogP contribution in [0.2, 0.25) is 0 Å². The highest BCUT2D eigenvalue weighted by Gasteiger charge is 2.13. The Kier molecular flexibility index (Phi) is 8.53. The van der Waals surface area contributed by atoms with Gasteiger partial charge in [-0.2, -0.15) is 0 Å². The molecule has 0 unspecified atom stereocenters. The zero-order valence-corrected chi connectivity index (χ0v) is 14.5. The van der Waals surface area contributed by atoms with Gasteiger partial charge in [0, 0.05) is 30.0 Å². The molecule has 0 aliphatic heterocycles. The summed E-state index contributed by atoms with van der Waals surface area (Å²) in [5, 5.41) is 2.78. The Labute approximate surface area is 147 Å². The second-order valence-corrected chi connectivity index (χ2v) is 5.34. The van der Waals surface area contributed by atoms with Crippen molar-refractivity contribution in [3.05, 3.63) is 48.4 Å². The van der Waals surface area contributed by atoms with E-state index in [0.29, 0.717) is 23.7 Å². The Morgan fingerprint density at radius 2 is 2.04 bits per heavy atom. The van der Waals surface area contributed by atoms with E-state index in [9.17, 15) is 4.79 Å². The van der Waals surface area contributed by atoms with Crippen LogP contribution in [0.4, 0.5) is 0 Å². The van der Waals surface area contributed by atoms with Gasteiger partial charge in [0.25, 0.3) is 5.91 Å². The minimum Gasteiger partial charge on any atom is -0.437 e. The van der Waals surface area contributed by atoms with Crippen LogP contribution in [0.5, 0.6) is 11.6 Å². The molecule has 0 radical (unpaired) electrons. The molecule has 0 fully saturated rings. The Morgan fingerprint density at radius 1 is 1.30 bits per heavy atom. The molecule has 1 aromatic heterocycles. The molecule has 2 rings (SSSR count). The maximum absolute atomic E-state index is 12.0. The number of halogens is 2. The first-order valence-corrected chi connectivity index (χ1v) is 6.55. The van der Waals surface area contributed by atoms with E-state index in [-0.39, 0.29) is 30.7 Å². The highest BCUT2D eigenvalue weighted by Crippen LogP contribution is 2.19. The molecule has 23 heavy (non-hydrogen) atoms. The molecule has 6 nitrogen and oxygen atoms in total. The van der Waals surface area contributed by atoms with Crippen LogP contribution in [-0.4, -0.2) is 28.0 Å². The summed E-state index contributed by atoms with van der Waals surface area (Å²) in [5.41, 5.74) is 5.88. The molecule has 8 heteroatoms. The Bertz CT molecular complexity index is 618. The van der Waals surface area contributed by atoms with E-state index >= 15 is 0 Å². The Hall–Kier alpha value is -1.89. The number of benzene rings is 1. The van der Waals surface area contributed by atoms with Gasteiger partial charge in [-0.3, -0.25) is 9.78 Å². The van der Waals surface area contributed by atoms with Crippen LogP contribution in [0, 0.1) is 0 Å². The van der Waals surface area contributed by atoms with Gasteiger partial charge in [-0.05, 0) is 32.0 Å². The van der Waals surface area contributed by atoms with Gasteiger partial charge in [0.05, 0.1) is 6.20 Å². The fraction of sp³-hybridized carbons (Fsp3) is 0.267. The molecule has 3 N–H and O–H groups in total. The van der Waals surface area contributed by atoms with Gasteiger partial charge >= 0.3 is 0 Å². The van der Waals surface area contributed by atoms with Crippen molar-refractivity contribution in [2.45, 2.75) is 19.4 Å². The summed E-state index contributed by atoms with van der Waals surface area (Å²) in [6.07, 6.45) is 4.60. The van der Waals surface area contributed by atoms with E-state index in [2.05, 4.69) is 15.3 Å². The minimum absolute atomic E-state index is 0. The van der Waals surface area contributed by atoms with Crippen LogP contribution in [0.3, 0.4) is 0 Å². The van der Waals surface area contributed by atoms with Crippen LogP contribution < -0.4 is 15.8 Å². The molecule has 126 valence electrons. The molecule has 1 amide bonds. The van der Waals surface area contributed by atoms with Crippen molar-refractivity contribution in [1.29, 1.82) is 0 Å². The lowest BCUT2D eigenvalue weighted by Gasteiger charge is -2.18. The molecule has 0 aliphatic rings. The molecular formula is C15H20Cl2N4O2. The predicted octanol–water partition coefficient (Wildman–Crippen LogP) is 2.58. The van der Waals surface area contributed by atoms with Gasteiger partial charge in [0.1, 0.15) is 5.75 Å². The van der Waals surface area contributed by atoms with Crippen molar-refractivity contribution >= 4 is 30.7 Å². The number of nitrogens with one attached hydrogen (secondary N) is 1. The normalized spacial score (nSPS) is 10.0. The van der Waals surface area contributed by atoms with Crippen molar-refractivity contribution in [3.8, 4) is 11.6 Å². The first kappa shape index (κ1) is 21.1. The molecular weight excluding hydrogens is 339 g/mol. The number of rotatable bonds is 5. The molecule has 0 bridgehead atoms. The van der Waals surface area contributed by atoms with Crippen LogP contribution in [0.25, 0.3) is 0 Å². The van der Waals surface area contributed by atoms with E-state index in [4.69, 9.17) is 10.5 Å². The lowest BCUT2D eigenvalue weighted by molar-refractivity contribution is 0.0945. The molecule has 2 aromatic rings. The van der Waals surface area contributed by atoms with Crippen molar-refractivity contribution < 1.29 is 9.53 Å². The summed E-state index contributed by atoms with van der Waals surface area (Å²) < 4.78 is 5.54. The first-order chi connectivity index (χ1) is 9.94. The number of hydrogen-bond acceptors (Lipinski definition) is 5. The fourth-order valence-corrected chi connectivity index (χ4v) is 1.57. The summed E-state index contributed by atoms with van der Waals surface area (Å²) in [7, 11) is 0. The summed E-state index contributed by atoms with van der Waals surface area (Å²) in [6.45, 7) is 4.09. The quantitative estimate of drug-likeness (QED) is 0.856. The highest BCUT2D eigenvalue weighted by molar-refractivity contribution is 5.94. The number of amides is 1. The number of carbonyl (C=O) groups excluding carboxylic acids is 1. The molecule has 1 heterocycles. The molecule has 0 aliphatic carbocycles. The predicted molar refractivity (Wildman–Crippen MR) is 93.6 cm³/mol. The standard InChI is InChI=1S/C15H18N4O2.2ClH/c1-15(2,16)10-19-14(20)11-4-3-5-12(8-11)21-13-9-17-6-7-18-13;;/h3-9H,10,16H2,1-2H3,(H,19,20);2*1H. The molecule has 0 atom stereocenters. The zero-order chi connectivity index (χ0) is 15.3. The third-order valence-corrected chi connectivity index (χ3v) is 2.56. The van der Waals surface area contributed by atoms with Gasteiger partial charge in [-0.15, -0.1) is 24.8 Å². The highest BCUT2D eigenvalue weighted by atomic mass is 35.5. The number of ether oxygens (including phenoxy) is 1. The Balaban J connectivity index is 0.00000242. The largest absolute Gasteiger partial charge is 0.437 e. The number of hydrogen-bond donors (Lipinski definition) is 2. The van der Waals surface area contributed by atoms with Crippen LogP contribution in [0.1, 0.15) is 24.2 Å². The van der Waals surface area contributed by atoms with Gasteiger partial charge in [0.15, 0.2) is 0 Å². The second-order valence-electron chi connectivity index (χ2n) is 5.34. The number of aromatic nitrogens is 2. The van der Waals surface area contributed by atoms with Gasteiger partial charge < -0.3 is 15.8 Å². The summed E-state index contributed by atoms with van der Waals surface area (Å²) in [6, 6.07) is 6.85. The van der Waals surface area contributed by atoms with Gasteiger partial charge in [-0.1, -0.05) is 6.07 Å². The third kappa shape index (κ3) is 7.27. The van der Waals surface area contributed by atoms with Crippen LogP contribution in [0.15, 0.2) is 42.9 Å². The maximum atomic E-state index is 12.0. The smallest absolute Gasteiger partial charge is 0.251 e. The second kappa shape index (κ2) is 9.29. The Morgan fingerprint density at radius 3 is 2.65 bits per heavy atom. The maximum Gasteiger partial charge on any atom is 0.251 e.